The molecule has 1 rings (SSSR count). The van der Waals surface area contributed by atoms with Crippen LogP contribution in [0.3, 0.4) is 0 Å². The largest absolute Gasteiger partial charge is 0.418 e. The third-order valence-corrected chi connectivity index (χ3v) is 3.68. The molecule has 0 saturated heterocycles. The lowest BCUT2D eigenvalue weighted by Crippen LogP contribution is -2.15. The Balaban J connectivity index is 2.92. The highest BCUT2D eigenvalue weighted by atomic mass is 32.2. The Morgan fingerprint density at radius 3 is 2.29 bits per heavy atom. The number of hydrogen-bond acceptors (Lipinski definition) is 2. The molecule has 118 valence electrons. The fourth-order valence-corrected chi connectivity index (χ4v) is 2.21. The molecule has 21 heavy (non-hydrogen) atoms. The monoisotopic (exact) mass is 324 g/mol. The maximum Gasteiger partial charge on any atom is 0.418 e. The van der Waals surface area contributed by atoms with Gasteiger partial charge in [-0.2, -0.15) is 17.6 Å². The first-order valence-electron chi connectivity index (χ1n) is 6.38. The molecule has 1 aromatic carbocycles. The molecule has 7 heteroatoms. The van der Waals surface area contributed by atoms with Crippen molar-refractivity contribution in [1.82, 2.24) is 0 Å². The summed E-state index contributed by atoms with van der Waals surface area (Å²) in [5.41, 5.74) is -0.532. The lowest BCUT2D eigenvalue weighted by molar-refractivity contribution is -0.0984. The summed E-state index contributed by atoms with van der Waals surface area (Å²) in [5.74, 6) is 0. The quantitative estimate of drug-likeness (QED) is 0.545. The molecular formula is C14H16F4O2S. The van der Waals surface area contributed by atoms with Gasteiger partial charge >= 0.3 is 6.18 Å². The summed E-state index contributed by atoms with van der Waals surface area (Å²) < 4.78 is 67.9. The first-order chi connectivity index (χ1) is 9.75. The number of allylic oxidation sites excluding steroid dienone is 1. The highest BCUT2D eigenvalue weighted by molar-refractivity contribution is 7.80. The van der Waals surface area contributed by atoms with Gasteiger partial charge in [-0.3, -0.25) is 0 Å². The van der Waals surface area contributed by atoms with Gasteiger partial charge in [0.05, 0.1) is 4.90 Å². The van der Waals surface area contributed by atoms with Gasteiger partial charge in [0.1, 0.15) is 5.57 Å². The van der Waals surface area contributed by atoms with E-state index in [9.17, 15) is 21.8 Å². The minimum atomic E-state index is -4.84. The number of halogens is 4. The molecule has 2 nitrogen and oxygen atoms in total. The zero-order chi connectivity index (χ0) is 16.0. The summed E-state index contributed by atoms with van der Waals surface area (Å²) in [4.78, 5) is 0.104. The molecule has 1 unspecified atom stereocenters. The summed E-state index contributed by atoms with van der Waals surface area (Å²) in [6.07, 6.45) is -4.69. The number of rotatable bonds is 6. The Hall–Kier alpha value is -1.37. The van der Waals surface area contributed by atoms with Crippen molar-refractivity contribution in [2.24, 2.45) is 0 Å². The van der Waals surface area contributed by atoms with Crippen molar-refractivity contribution in [2.45, 2.75) is 44.2 Å². The van der Waals surface area contributed by atoms with Gasteiger partial charge in [0.25, 0.3) is 6.01 Å². The first kappa shape index (κ1) is 17.7. The zero-order valence-electron chi connectivity index (χ0n) is 11.7. The van der Waals surface area contributed by atoms with E-state index in [1.165, 1.54) is 12.1 Å². The second kappa shape index (κ2) is 7.59. The van der Waals surface area contributed by atoms with Crippen LogP contribution in [0.1, 0.15) is 31.7 Å². The Morgan fingerprint density at radius 1 is 1.24 bits per heavy atom. The van der Waals surface area contributed by atoms with Crippen LogP contribution in [0.15, 0.2) is 40.7 Å². The fraction of sp³-hybridized carbons (Fsp3) is 0.429. The van der Waals surface area contributed by atoms with Gasteiger partial charge in [-0.05, 0) is 31.9 Å². The van der Waals surface area contributed by atoms with E-state index in [4.69, 9.17) is 0 Å². The lowest BCUT2D eigenvalue weighted by atomic mass is 10.1. The van der Waals surface area contributed by atoms with Crippen molar-refractivity contribution in [3.63, 3.8) is 0 Å². The molecule has 0 N–H and O–H groups in total. The van der Waals surface area contributed by atoms with E-state index < -0.39 is 35.3 Å². The first-order valence-corrected chi connectivity index (χ1v) is 7.45. The van der Waals surface area contributed by atoms with E-state index in [2.05, 4.69) is 4.18 Å². The second-order valence-corrected chi connectivity index (χ2v) is 5.59. The Kier molecular flexibility index (Phi) is 6.39. The molecule has 1 aromatic rings. The summed E-state index contributed by atoms with van der Waals surface area (Å²) in [5, 5.41) is 0. The van der Waals surface area contributed by atoms with Crippen molar-refractivity contribution in [3.05, 3.63) is 41.4 Å². The van der Waals surface area contributed by atoms with E-state index in [0.29, 0.717) is 6.42 Å². The van der Waals surface area contributed by atoms with Crippen molar-refractivity contribution in [3.8, 4) is 0 Å². The maximum atomic E-state index is 13.6. The van der Waals surface area contributed by atoms with E-state index >= 15 is 0 Å². The number of hydrogen-bond donors (Lipinski definition) is 0. The van der Waals surface area contributed by atoms with Crippen molar-refractivity contribution in [1.29, 1.82) is 0 Å². The summed E-state index contributed by atoms with van der Waals surface area (Å²) in [7, 11) is 0. The SMILES string of the molecule is CCCC/C(=C(/F)OS(=O)c1ccc(C)cc1)C(F)(F)F. The van der Waals surface area contributed by atoms with Gasteiger partial charge < -0.3 is 4.18 Å². The predicted octanol–water partition coefficient (Wildman–Crippen LogP) is 4.97. The molecule has 0 aliphatic heterocycles. The fourth-order valence-electron chi connectivity index (χ4n) is 1.52. The molecule has 0 aliphatic rings. The number of alkyl halides is 3. The third kappa shape index (κ3) is 5.49. The van der Waals surface area contributed by atoms with Crippen molar-refractivity contribution < 1.29 is 26.0 Å². The maximum absolute atomic E-state index is 13.6. The number of benzene rings is 1. The number of unbranched alkanes of at least 4 members (excludes halogenated alkanes) is 1. The molecule has 0 fully saturated rings. The second-order valence-electron chi connectivity index (χ2n) is 4.48. The van der Waals surface area contributed by atoms with Crippen LogP contribution in [0.5, 0.6) is 0 Å². The molecule has 0 radical (unpaired) electrons. The molecule has 0 amide bonds. The summed E-state index contributed by atoms with van der Waals surface area (Å²) >= 11 is -2.32. The highest BCUT2D eigenvalue weighted by Crippen LogP contribution is 2.33. The van der Waals surface area contributed by atoms with Crippen LogP contribution in [0, 0.1) is 6.92 Å². The third-order valence-electron chi connectivity index (χ3n) is 2.72. The molecule has 0 aliphatic carbocycles. The minimum Gasteiger partial charge on any atom is -0.367 e. The standard InChI is InChI=1S/C14H16F4O2S/c1-3-4-5-12(14(16,17)18)13(15)20-21(19)11-8-6-10(2)7-9-11/h6-9H,3-5H2,1-2H3/b13-12+. The lowest BCUT2D eigenvalue weighted by Gasteiger charge is -2.12. The highest BCUT2D eigenvalue weighted by Gasteiger charge is 2.38. The van der Waals surface area contributed by atoms with E-state index in [0.717, 1.165) is 5.56 Å². The van der Waals surface area contributed by atoms with E-state index in [-0.39, 0.29) is 11.3 Å². The van der Waals surface area contributed by atoms with Crippen LogP contribution in [0.4, 0.5) is 17.6 Å². The van der Waals surface area contributed by atoms with Gasteiger partial charge in [0.15, 0.2) is 0 Å². The van der Waals surface area contributed by atoms with Crippen molar-refractivity contribution in [2.75, 3.05) is 0 Å². The predicted molar refractivity (Wildman–Crippen MR) is 72.4 cm³/mol. The number of aryl methyl sites for hydroxylation is 1. The van der Waals surface area contributed by atoms with Crippen LogP contribution in [-0.4, -0.2) is 10.4 Å². The van der Waals surface area contributed by atoms with Gasteiger partial charge in [-0.25, -0.2) is 4.21 Å². The normalized spacial score (nSPS) is 14.6. The molecule has 0 spiro atoms. The summed E-state index contributed by atoms with van der Waals surface area (Å²) in [6, 6.07) is 4.23. The van der Waals surface area contributed by atoms with Gasteiger partial charge in [0.2, 0.25) is 11.1 Å². The van der Waals surface area contributed by atoms with Gasteiger partial charge in [-0.1, -0.05) is 31.0 Å². The molecular weight excluding hydrogens is 308 g/mol. The molecule has 0 saturated carbocycles. The minimum absolute atomic E-state index is 0.104. The van der Waals surface area contributed by atoms with Crippen LogP contribution >= 0.6 is 0 Å². The van der Waals surface area contributed by atoms with Gasteiger partial charge in [0, 0.05) is 0 Å². The smallest absolute Gasteiger partial charge is 0.367 e. The Labute approximate surface area is 123 Å². The Bertz CT molecular complexity index is 521. The van der Waals surface area contributed by atoms with Crippen LogP contribution in [-0.2, 0) is 15.3 Å². The van der Waals surface area contributed by atoms with Gasteiger partial charge in [-0.15, -0.1) is 0 Å². The molecule has 1 atom stereocenters. The molecule has 0 bridgehead atoms. The van der Waals surface area contributed by atoms with Crippen LogP contribution in [0.25, 0.3) is 0 Å². The van der Waals surface area contributed by atoms with E-state index in [1.807, 2.05) is 0 Å². The Morgan fingerprint density at radius 2 is 1.81 bits per heavy atom. The topological polar surface area (TPSA) is 26.3 Å². The molecule has 0 aromatic heterocycles. The average molecular weight is 324 g/mol. The van der Waals surface area contributed by atoms with Crippen LogP contribution in [0.2, 0.25) is 0 Å². The summed E-state index contributed by atoms with van der Waals surface area (Å²) in [6.45, 7) is 3.48. The average Bonchev–Trinajstić information content (AvgIpc) is 2.38. The van der Waals surface area contributed by atoms with E-state index in [1.54, 1.807) is 26.0 Å². The van der Waals surface area contributed by atoms with Crippen LogP contribution < -0.4 is 0 Å². The van der Waals surface area contributed by atoms with Crippen molar-refractivity contribution >= 4 is 11.1 Å². The zero-order valence-corrected chi connectivity index (χ0v) is 12.5. The molecule has 0 heterocycles.